The van der Waals surface area contributed by atoms with Crippen molar-refractivity contribution in [1.29, 1.82) is 0 Å². The summed E-state index contributed by atoms with van der Waals surface area (Å²) in [5.74, 6) is 1.68. The first kappa shape index (κ1) is 9.50. The van der Waals surface area contributed by atoms with Crippen LogP contribution in [0, 0.1) is 17.8 Å². The highest BCUT2D eigenvalue weighted by atomic mass is 16.1. The van der Waals surface area contributed by atoms with Gasteiger partial charge in [0.25, 0.3) is 0 Å². The molecule has 1 nitrogen and oxygen atoms in total. The summed E-state index contributed by atoms with van der Waals surface area (Å²) in [6, 6.07) is 0. The van der Waals surface area contributed by atoms with Crippen LogP contribution in [-0.2, 0) is 4.79 Å². The summed E-state index contributed by atoms with van der Waals surface area (Å²) in [6.07, 6.45) is 2.87. The maximum Gasteiger partial charge on any atom is 0.158 e. The lowest BCUT2D eigenvalue weighted by Crippen LogP contribution is -2.25. The molecular formula is C11H18O. The molecular weight excluding hydrogens is 148 g/mol. The minimum Gasteiger partial charge on any atom is -0.295 e. The summed E-state index contributed by atoms with van der Waals surface area (Å²) >= 11 is 0. The molecule has 1 rings (SSSR count). The Labute approximate surface area is 74.9 Å². The summed E-state index contributed by atoms with van der Waals surface area (Å²) in [5.41, 5.74) is 1.25. The molecule has 0 aromatic heterocycles. The Bertz CT molecular complexity index is 213. The highest BCUT2D eigenvalue weighted by molar-refractivity contribution is 5.93. The van der Waals surface area contributed by atoms with Crippen LogP contribution in [0.5, 0.6) is 0 Å². The van der Waals surface area contributed by atoms with Crippen molar-refractivity contribution in [2.75, 3.05) is 0 Å². The first-order valence-electron chi connectivity index (χ1n) is 4.74. The third-order valence-corrected chi connectivity index (χ3v) is 2.92. The Morgan fingerprint density at radius 2 is 2.08 bits per heavy atom. The van der Waals surface area contributed by atoms with Gasteiger partial charge in [-0.05, 0) is 31.3 Å². The Morgan fingerprint density at radius 1 is 1.50 bits per heavy atom. The van der Waals surface area contributed by atoms with Gasteiger partial charge in [-0.1, -0.05) is 26.3 Å². The van der Waals surface area contributed by atoms with Crippen molar-refractivity contribution in [2.45, 2.75) is 34.1 Å². The highest BCUT2D eigenvalue weighted by Crippen LogP contribution is 2.30. The van der Waals surface area contributed by atoms with Crippen LogP contribution in [0.15, 0.2) is 11.6 Å². The third kappa shape index (κ3) is 1.77. The van der Waals surface area contributed by atoms with Crippen LogP contribution < -0.4 is 0 Å². The van der Waals surface area contributed by atoms with E-state index in [1.807, 2.05) is 6.08 Å². The van der Waals surface area contributed by atoms with Crippen LogP contribution in [0.3, 0.4) is 0 Å². The van der Waals surface area contributed by atoms with Crippen LogP contribution in [-0.4, -0.2) is 5.78 Å². The average molecular weight is 166 g/mol. The Hall–Kier alpha value is -0.590. The van der Waals surface area contributed by atoms with Gasteiger partial charge in [-0.3, -0.25) is 4.79 Å². The van der Waals surface area contributed by atoms with Crippen LogP contribution in [0.4, 0.5) is 0 Å². The van der Waals surface area contributed by atoms with E-state index in [2.05, 4.69) is 27.7 Å². The monoisotopic (exact) mass is 166 g/mol. The van der Waals surface area contributed by atoms with Gasteiger partial charge >= 0.3 is 0 Å². The Morgan fingerprint density at radius 3 is 2.58 bits per heavy atom. The van der Waals surface area contributed by atoms with Gasteiger partial charge in [-0.25, -0.2) is 0 Å². The maximum atomic E-state index is 11.5. The molecule has 0 fully saturated rings. The molecule has 0 spiro atoms. The molecule has 0 radical (unpaired) electrons. The van der Waals surface area contributed by atoms with Crippen molar-refractivity contribution >= 4 is 5.78 Å². The molecule has 0 aromatic carbocycles. The Kier molecular flexibility index (Phi) is 2.71. The average Bonchev–Trinajstić information content (AvgIpc) is 1.96. The minimum atomic E-state index is 0.267. The summed E-state index contributed by atoms with van der Waals surface area (Å²) in [7, 11) is 0. The summed E-state index contributed by atoms with van der Waals surface area (Å²) in [6.45, 7) is 8.51. The second-order valence-electron chi connectivity index (χ2n) is 4.28. The van der Waals surface area contributed by atoms with Gasteiger partial charge in [0.05, 0.1) is 0 Å². The molecule has 68 valence electrons. The quantitative estimate of drug-likeness (QED) is 0.585. The molecule has 1 aliphatic carbocycles. The molecule has 0 amide bonds. The smallest absolute Gasteiger partial charge is 0.158 e. The van der Waals surface area contributed by atoms with E-state index in [0.717, 1.165) is 6.42 Å². The predicted molar refractivity (Wildman–Crippen MR) is 50.9 cm³/mol. The van der Waals surface area contributed by atoms with Gasteiger partial charge in [-0.15, -0.1) is 0 Å². The van der Waals surface area contributed by atoms with Gasteiger partial charge in [0.1, 0.15) is 0 Å². The van der Waals surface area contributed by atoms with Crippen molar-refractivity contribution < 1.29 is 4.79 Å². The molecule has 0 heterocycles. The molecule has 0 saturated carbocycles. The zero-order chi connectivity index (χ0) is 9.30. The van der Waals surface area contributed by atoms with Crippen LogP contribution >= 0.6 is 0 Å². The zero-order valence-electron chi connectivity index (χ0n) is 8.42. The molecule has 1 unspecified atom stereocenters. The fraction of sp³-hybridized carbons (Fsp3) is 0.727. The number of hydrogen-bond acceptors (Lipinski definition) is 1. The summed E-state index contributed by atoms with van der Waals surface area (Å²) in [5, 5.41) is 0. The molecule has 0 N–H and O–H groups in total. The van der Waals surface area contributed by atoms with Gasteiger partial charge in [0.2, 0.25) is 0 Å². The Balaban J connectivity index is 2.79. The molecule has 0 aliphatic heterocycles. The van der Waals surface area contributed by atoms with Crippen molar-refractivity contribution in [2.24, 2.45) is 17.8 Å². The van der Waals surface area contributed by atoms with Gasteiger partial charge in [0.15, 0.2) is 5.78 Å². The number of carbonyl (C=O) groups excluding carboxylic acids is 1. The van der Waals surface area contributed by atoms with Crippen LogP contribution in [0.25, 0.3) is 0 Å². The fourth-order valence-corrected chi connectivity index (χ4v) is 1.76. The lowest BCUT2D eigenvalue weighted by atomic mass is 9.77. The third-order valence-electron chi connectivity index (χ3n) is 2.92. The normalized spacial score (nSPS) is 30.8. The lowest BCUT2D eigenvalue weighted by Gasteiger charge is -2.27. The van der Waals surface area contributed by atoms with E-state index in [9.17, 15) is 4.79 Å². The second kappa shape index (κ2) is 3.42. The molecule has 2 atom stereocenters. The summed E-state index contributed by atoms with van der Waals surface area (Å²) < 4.78 is 0. The first-order chi connectivity index (χ1) is 5.52. The number of rotatable bonds is 1. The second-order valence-corrected chi connectivity index (χ2v) is 4.28. The van der Waals surface area contributed by atoms with E-state index < -0.39 is 0 Å². The standard InChI is InChI=1S/C11H18O/c1-7(2)10-5-8(3)9(4)6-11(10)12/h6-8,10H,5H2,1-4H3/t8-,10?/m1/s1. The van der Waals surface area contributed by atoms with E-state index in [1.165, 1.54) is 5.57 Å². The van der Waals surface area contributed by atoms with E-state index >= 15 is 0 Å². The molecule has 1 aliphatic rings. The topological polar surface area (TPSA) is 17.1 Å². The van der Waals surface area contributed by atoms with Crippen molar-refractivity contribution in [1.82, 2.24) is 0 Å². The van der Waals surface area contributed by atoms with Crippen LogP contribution in [0.2, 0.25) is 0 Å². The number of hydrogen-bond donors (Lipinski definition) is 0. The highest BCUT2D eigenvalue weighted by Gasteiger charge is 2.27. The largest absolute Gasteiger partial charge is 0.295 e. The molecule has 0 bridgehead atoms. The summed E-state index contributed by atoms with van der Waals surface area (Å²) in [4.78, 5) is 11.5. The van der Waals surface area contributed by atoms with E-state index in [-0.39, 0.29) is 5.92 Å². The predicted octanol–water partition coefficient (Wildman–Crippen LogP) is 2.81. The van der Waals surface area contributed by atoms with Crippen molar-refractivity contribution in [3.8, 4) is 0 Å². The van der Waals surface area contributed by atoms with E-state index in [0.29, 0.717) is 17.6 Å². The van der Waals surface area contributed by atoms with Gasteiger partial charge in [0, 0.05) is 5.92 Å². The molecule has 0 aromatic rings. The first-order valence-corrected chi connectivity index (χ1v) is 4.74. The minimum absolute atomic E-state index is 0.267. The number of ketones is 1. The SMILES string of the molecule is CC1=CC(=O)C(C(C)C)C[C@H]1C. The lowest BCUT2D eigenvalue weighted by molar-refractivity contribution is -0.120. The van der Waals surface area contributed by atoms with Crippen molar-refractivity contribution in [3.63, 3.8) is 0 Å². The maximum absolute atomic E-state index is 11.5. The number of allylic oxidation sites excluding steroid dienone is 2. The van der Waals surface area contributed by atoms with Gasteiger partial charge < -0.3 is 0 Å². The molecule has 1 heteroatoms. The number of carbonyl (C=O) groups is 1. The fourth-order valence-electron chi connectivity index (χ4n) is 1.76. The van der Waals surface area contributed by atoms with Crippen LogP contribution in [0.1, 0.15) is 34.1 Å². The van der Waals surface area contributed by atoms with Gasteiger partial charge in [-0.2, -0.15) is 0 Å². The molecule has 12 heavy (non-hydrogen) atoms. The van der Waals surface area contributed by atoms with E-state index in [1.54, 1.807) is 0 Å². The molecule has 0 saturated heterocycles. The zero-order valence-corrected chi connectivity index (χ0v) is 8.42. The van der Waals surface area contributed by atoms with E-state index in [4.69, 9.17) is 0 Å². The van der Waals surface area contributed by atoms with Crippen molar-refractivity contribution in [3.05, 3.63) is 11.6 Å².